The van der Waals surface area contributed by atoms with E-state index in [2.05, 4.69) is 9.72 Å². The second kappa shape index (κ2) is 5.13. The van der Waals surface area contributed by atoms with Crippen LogP contribution in [0.3, 0.4) is 0 Å². The summed E-state index contributed by atoms with van der Waals surface area (Å²) in [5.74, 6) is -2.23. The first-order valence-electron chi connectivity index (χ1n) is 4.38. The molecule has 0 saturated heterocycles. The van der Waals surface area contributed by atoms with Crippen LogP contribution in [0.4, 0.5) is 14.6 Å². The molecule has 0 aliphatic heterocycles. The SMILES string of the molecule is COC(=O)c1cc(C(F)F)c([N+](=O)[O-])nc1C#N. The van der Waals surface area contributed by atoms with Crippen LogP contribution in [0.1, 0.15) is 28.0 Å². The Morgan fingerprint density at radius 1 is 1.67 bits per heavy atom. The Hall–Kier alpha value is -2.63. The number of hydrogen-bond acceptors (Lipinski definition) is 6. The number of pyridine rings is 1. The van der Waals surface area contributed by atoms with Crippen molar-refractivity contribution in [2.45, 2.75) is 6.43 Å². The van der Waals surface area contributed by atoms with Crippen LogP contribution in [-0.4, -0.2) is 23.0 Å². The van der Waals surface area contributed by atoms with Gasteiger partial charge in [0.05, 0.1) is 7.11 Å². The molecule has 0 aliphatic carbocycles. The van der Waals surface area contributed by atoms with Crippen molar-refractivity contribution in [1.29, 1.82) is 5.26 Å². The van der Waals surface area contributed by atoms with Gasteiger partial charge in [-0.2, -0.15) is 5.26 Å². The number of rotatable bonds is 3. The van der Waals surface area contributed by atoms with E-state index < -0.39 is 40.0 Å². The molecule has 1 aromatic heterocycles. The van der Waals surface area contributed by atoms with Gasteiger partial charge >= 0.3 is 11.8 Å². The summed E-state index contributed by atoms with van der Waals surface area (Å²) in [7, 11) is 0.979. The highest BCUT2D eigenvalue weighted by Crippen LogP contribution is 2.29. The average molecular weight is 257 g/mol. The number of alkyl halides is 2. The van der Waals surface area contributed by atoms with E-state index in [1.54, 1.807) is 0 Å². The molecule has 9 heteroatoms. The third kappa shape index (κ3) is 2.37. The molecule has 0 spiro atoms. The summed E-state index contributed by atoms with van der Waals surface area (Å²) in [6.07, 6.45) is -3.20. The fourth-order valence-corrected chi connectivity index (χ4v) is 1.18. The number of esters is 1. The number of carbonyl (C=O) groups is 1. The standard InChI is InChI=1S/C9H5F2N3O4/c1-18-9(15)4-2-5(7(10)11)8(14(16)17)13-6(4)3-12/h2,7H,1H3. The maximum absolute atomic E-state index is 12.6. The van der Waals surface area contributed by atoms with Crippen molar-refractivity contribution in [1.82, 2.24) is 4.98 Å². The van der Waals surface area contributed by atoms with Crippen molar-refractivity contribution in [3.63, 3.8) is 0 Å². The second-order valence-corrected chi connectivity index (χ2v) is 2.96. The fraction of sp³-hybridized carbons (Fsp3) is 0.222. The third-order valence-electron chi connectivity index (χ3n) is 1.95. The molecule has 0 bridgehead atoms. The number of hydrogen-bond donors (Lipinski definition) is 0. The number of nitrogens with zero attached hydrogens (tertiary/aromatic N) is 3. The molecule has 0 amide bonds. The number of nitro groups is 1. The molecule has 0 atom stereocenters. The Morgan fingerprint density at radius 2 is 2.28 bits per heavy atom. The molecule has 0 radical (unpaired) electrons. The highest BCUT2D eigenvalue weighted by Gasteiger charge is 2.30. The van der Waals surface area contributed by atoms with Gasteiger partial charge in [0.25, 0.3) is 12.1 Å². The van der Waals surface area contributed by atoms with Gasteiger partial charge in [-0.15, -0.1) is 0 Å². The van der Waals surface area contributed by atoms with Crippen LogP contribution in [0.25, 0.3) is 0 Å². The van der Waals surface area contributed by atoms with E-state index in [0.717, 1.165) is 7.11 Å². The highest BCUT2D eigenvalue weighted by atomic mass is 19.3. The lowest BCUT2D eigenvalue weighted by molar-refractivity contribution is -0.391. The quantitative estimate of drug-likeness (QED) is 0.462. The predicted octanol–water partition coefficient (Wildman–Crippen LogP) is 1.59. The monoisotopic (exact) mass is 257 g/mol. The Morgan fingerprint density at radius 3 is 2.67 bits per heavy atom. The van der Waals surface area contributed by atoms with Crippen LogP contribution in [0.15, 0.2) is 6.07 Å². The summed E-state index contributed by atoms with van der Waals surface area (Å²) in [4.78, 5) is 23.7. The van der Waals surface area contributed by atoms with Crippen molar-refractivity contribution >= 4 is 11.8 Å². The Balaban J connectivity index is 3.58. The predicted molar refractivity (Wildman–Crippen MR) is 51.9 cm³/mol. The molecular formula is C9H5F2N3O4. The Bertz CT molecular complexity index is 553. The van der Waals surface area contributed by atoms with E-state index in [4.69, 9.17) is 5.26 Å². The van der Waals surface area contributed by atoms with E-state index >= 15 is 0 Å². The maximum atomic E-state index is 12.6. The van der Waals surface area contributed by atoms with Gasteiger partial charge in [-0.3, -0.25) is 0 Å². The van der Waals surface area contributed by atoms with Crippen LogP contribution < -0.4 is 0 Å². The molecule has 1 aromatic rings. The van der Waals surface area contributed by atoms with Gasteiger partial charge in [0.1, 0.15) is 17.2 Å². The van der Waals surface area contributed by atoms with E-state index in [-0.39, 0.29) is 0 Å². The first-order valence-corrected chi connectivity index (χ1v) is 4.38. The van der Waals surface area contributed by atoms with Crippen molar-refractivity contribution in [3.05, 3.63) is 33.0 Å². The van der Waals surface area contributed by atoms with Gasteiger partial charge in [0.15, 0.2) is 0 Å². The summed E-state index contributed by atoms with van der Waals surface area (Å²) >= 11 is 0. The Kier molecular flexibility index (Phi) is 3.83. The van der Waals surface area contributed by atoms with Gasteiger partial charge in [-0.05, 0) is 16.0 Å². The molecule has 0 unspecified atom stereocenters. The van der Waals surface area contributed by atoms with Crippen LogP contribution in [0.2, 0.25) is 0 Å². The lowest BCUT2D eigenvalue weighted by atomic mass is 10.1. The number of carbonyl (C=O) groups excluding carboxylic acids is 1. The largest absolute Gasteiger partial charge is 0.465 e. The van der Waals surface area contributed by atoms with Crippen LogP contribution in [-0.2, 0) is 4.74 Å². The second-order valence-electron chi connectivity index (χ2n) is 2.96. The minimum Gasteiger partial charge on any atom is -0.465 e. The molecule has 0 saturated carbocycles. The number of halogens is 2. The molecule has 7 nitrogen and oxygen atoms in total. The first-order chi connectivity index (χ1) is 8.42. The number of aromatic nitrogens is 1. The zero-order valence-corrected chi connectivity index (χ0v) is 8.89. The van der Waals surface area contributed by atoms with Crippen LogP contribution in [0.5, 0.6) is 0 Å². The summed E-state index contributed by atoms with van der Waals surface area (Å²) in [6.45, 7) is 0. The molecular weight excluding hydrogens is 252 g/mol. The lowest BCUT2D eigenvalue weighted by Gasteiger charge is -2.04. The normalized spacial score (nSPS) is 9.94. The van der Waals surface area contributed by atoms with E-state index in [0.29, 0.717) is 6.07 Å². The van der Waals surface area contributed by atoms with E-state index in [1.165, 1.54) is 6.07 Å². The summed E-state index contributed by atoms with van der Waals surface area (Å²) in [5.41, 5.74) is -2.22. The lowest BCUT2D eigenvalue weighted by Crippen LogP contribution is -2.10. The summed E-state index contributed by atoms with van der Waals surface area (Å²) < 4.78 is 29.5. The average Bonchev–Trinajstić information content (AvgIpc) is 2.35. The number of nitriles is 1. The summed E-state index contributed by atoms with van der Waals surface area (Å²) in [6, 6.07) is 1.95. The molecule has 0 fully saturated rings. The van der Waals surface area contributed by atoms with Gasteiger partial charge in [0.2, 0.25) is 0 Å². The van der Waals surface area contributed by atoms with Crippen LogP contribution in [0, 0.1) is 21.4 Å². The molecule has 0 N–H and O–H groups in total. The van der Waals surface area contributed by atoms with Crippen molar-refractivity contribution in [2.75, 3.05) is 7.11 Å². The van der Waals surface area contributed by atoms with Gasteiger partial charge in [0, 0.05) is 0 Å². The van der Waals surface area contributed by atoms with E-state index in [9.17, 15) is 23.7 Å². The maximum Gasteiger partial charge on any atom is 0.373 e. The molecule has 18 heavy (non-hydrogen) atoms. The van der Waals surface area contributed by atoms with Crippen molar-refractivity contribution < 1.29 is 23.2 Å². The molecule has 0 aromatic carbocycles. The molecule has 1 rings (SSSR count). The third-order valence-corrected chi connectivity index (χ3v) is 1.95. The highest BCUT2D eigenvalue weighted by molar-refractivity contribution is 5.92. The van der Waals surface area contributed by atoms with Gasteiger partial charge in [-0.25, -0.2) is 13.6 Å². The molecule has 0 aliphatic rings. The zero-order chi connectivity index (χ0) is 13.9. The van der Waals surface area contributed by atoms with E-state index in [1.807, 2.05) is 0 Å². The summed E-state index contributed by atoms with van der Waals surface area (Å²) in [5, 5.41) is 19.2. The molecule has 1 heterocycles. The smallest absolute Gasteiger partial charge is 0.373 e. The number of methoxy groups -OCH3 is 1. The molecule has 94 valence electrons. The van der Waals surface area contributed by atoms with Gasteiger partial charge in [-0.1, -0.05) is 0 Å². The van der Waals surface area contributed by atoms with Crippen molar-refractivity contribution in [3.8, 4) is 6.07 Å². The Labute approximate surface area is 98.8 Å². The first kappa shape index (κ1) is 13.4. The minimum atomic E-state index is -3.20. The van der Waals surface area contributed by atoms with Crippen LogP contribution >= 0.6 is 0 Å². The fourth-order valence-electron chi connectivity index (χ4n) is 1.18. The topological polar surface area (TPSA) is 106 Å². The van der Waals surface area contributed by atoms with Crippen molar-refractivity contribution in [2.24, 2.45) is 0 Å². The number of ether oxygens (including phenoxy) is 1. The van der Waals surface area contributed by atoms with Gasteiger partial charge < -0.3 is 14.9 Å². The zero-order valence-electron chi connectivity index (χ0n) is 8.89. The minimum absolute atomic E-state index is 0.541.